The maximum absolute atomic E-state index is 9.79. The van der Waals surface area contributed by atoms with E-state index in [2.05, 4.69) is 11.9 Å². The van der Waals surface area contributed by atoms with E-state index in [-0.39, 0.29) is 18.6 Å². The van der Waals surface area contributed by atoms with Crippen molar-refractivity contribution in [3.63, 3.8) is 0 Å². The van der Waals surface area contributed by atoms with Crippen LogP contribution in [0.5, 0.6) is 0 Å². The minimum Gasteiger partial charge on any atom is -0.395 e. The summed E-state index contributed by atoms with van der Waals surface area (Å²) in [5, 5.41) is 9.79. The zero-order chi connectivity index (χ0) is 15.2. The second-order valence-electron chi connectivity index (χ2n) is 6.68. The minimum atomic E-state index is -1.10. The molecule has 120 valence electrons. The number of benzene rings is 1. The molecule has 0 radical (unpaired) electrons. The molecule has 3 aliphatic heterocycles. The zero-order valence-electron chi connectivity index (χ0n) is 12.9. The molecule has 3 aliphatic rings. The van der Waals surface area contributed by atoms with Gasteiger partial charge in [-0.1, -0.05) is 30.3 Å². The van der Waals surface area contributed by atoms with E-state index >= 15 is 0 Å². The van der Waals surface area contributed by atoms with Crippen molar-refractivity contribution in [2.75, 3.05) is 13.7 Å². The fourth-order valence-corrected chi connectivity index (χ4v) is 4.08. The Hall–Kier alpha value is -0.980. The number of fused-ring (bicyclic) bond motifs is 2. The van der Waals surface area contributed by atoms with Crippen molar-refractivity contribution in [2.45, 2.75) is 55.8 Å². The lowest BCUT2D eigenvalue weighted by atomic mass is 9.96. The summed E-state index contributed by atoms with van der Waals surface area (Å²) in [6.07, 6.45) is 4.65. The van der Waals surface area contributed by atoms with Gasteiger partial charge in [0.25, 0.3) is 0 Å². The van der Waals surface area contributed by atoms with Gasteiger partial charge in [0.05, 0.1) is 18.6 Å². The normalized spacial score (nSPS) is 34.5. The summed E-state index contributed by atoms with van der Waals surface area (Å²) in [6, 6.07) is 11.0. The Morgan fingerprint density at radius 1 is 1.23 bits per heavy atom. The third-order valence-corrected chi connectivity index (χ3v) is 5.44. The SMILES string of the molecule is CN1[C@@H]2CC[C@H]1CC(OC1(C(CO)c3ccccc3)OO1)C2. The standard InChI is InChI=1S/C17H23NO4/c1-18-13-7-8-14(18)10-15(9-13)20-17(21-22-17)16(11-19)12-5-3-2-4-6-12/h2-6,13-16,19H,7-11H2,1H3/t13-,14+,15?,16?. The summed E-state index contributed by atoms with van der Waals surface area (Å²) in [5.41, 5.74) is 0.971. The van der Waals surface area contributed by atoms with Crippen LogP contribution >= 0.6 is 0 Å². The Morgan fingerprint density at radius 2 is 1.86 bits per heavy atom. The second-order valence-corrected chi connectivity index (χ2v) is 6.68. The maximum atomic E-state index is 9.79. The van der Waals surface area contributed by atoms with Crippen molar-refractivity contribution in [3.05, 3.63) is 35.9 Å². The van der Waals surface area contributed by atoms with E-state index in [9.17, 15) is 5.11 Å². The van der Waals surface area contributed by atoms with Crippen molar-refractivity contribution in [1.29, 1.82) is 0 Å². The molecule has 0 saturated carbocycles. The van der Waals surface area contributed by atoms with Crippen LogP contribution in [0, 0.1) is 0 Å². The summed E-state index contributed by atoms with van der Waals surface area (Å²) >= 11 is 0. The van der Waals surface area contributed by atoms with E-state index in [0.29, 0.717) is 12.1 Å². The summed E-state index contributed by atoms with van der Waals surface area (Å²) < 4.78 is 6.20. The van der Waals surface area contributed by atoms with Gasteiger partial charge in [0.2, 0.25) is 0 Å². The van der Waals surface area contributed by atoms with Crippen LogP contribution in [0.2, 0.25) is 0 Å². The van der Waals surface area contributed by atoms with E-state index in [4.69, 9.17) is 14.5 Å². The molecular weight excluding hydrogens is 282 g/mol. The molecule has 3 fully saturated rings. The second kappa shape index (κ2) is 5.58. The number of ether oxygens (including phenoxy) is 1. The highest BCUT2D eigenvalue weighted by Crippen LogP contribution is 2.47. The Kier molecular flexibility index (Phi) is 3.71. The van der Waals surface area contributed by atoms with Crippen LogP contribution in [0.1, 0.15) is 37.2 Å². The first-order valence-corrected chi connectivity index (χ1v) is 8.14. The molecule has 2 unspecified atom stereocenters. The number of aliphatic hydroxyl groups is 1. The summed E-state index contributed by atoms with van der Waals surface area (Å²) in [6.45, 7) is -0.0660. The monoisotopic (exact) mass is 305 g/mol. The largest absolute Gasteiger partial charge is 0.395 e. The Bertz CT molecular complexity index is 505. The van der Waals surface area contributed by atoms with E-state index < -0.39 is 5.97 Å². The summed E-state index contributed by atoms with van der Waals surface area (Å²) in [7, 11) is 2.21. The van der Waals surface area contributed by atoms with Gasteiger partial charge in [-0.15, -0.1) is 0 Å². The van der Waals surface area contributed by atoms with Crippen LogP contribution in [0.25, 0.3) is 0 Å². The molecule has 0 aliphatic carbocycles. The highest BCUT2D eigenvalue weighted by Gasteiger charge is 2.60. The topological polar surface area (TPSA) is 57.8 Å². The van der Waals surface area contributed by atoms with Crippen molar-refractivity contribution in [2.24, 2.45) is 0 Å². The molecule has 1 aromatic rings. The van der Waals surface area contributed by atoms with Gasteiger partial charge >= 0.3 is 5.97 Å². The van der Waals surface area contributed by atoms with Crippen LogP contribution < -0.4 is 0 Å². The van der Waals surface area contributed by atoms with Crippen LogP contribution in [0.4, 0.5) is 0 Å². The number of hydrogen-bond donors (Lipinski definition) is 1. The molecule has 1 N–H and O–H groups in total. The fourth-order valence-electron chi connectivity index (χ4n) is 4.08. The van der Waals surface area contributed by atoms with E-state index in [1.165, 1.54) is 12.8 Å². The summed E-state index contributed by atoms with van der Waals surface area (Å²) in [4.78, 5) is 12.9. The maximum Gasteiger partial charge on any atom is 0.349 e. The van der Waals surface area contributed by atoms with Crippen LogP contribution in [-0.2, 0) is 14.5 Å². The van der Waals surface area contributed by atoms with E-state index in [1.807, 2.05) is 30.3 Å². The Balaban J connectivity index is 1.48. The van der Waals surface area contributed by atoms with E-state index in [1.54, 1.807) is 0 Å². The Labute approximate surface area is 130 Å². The first-order chi connectivity index (χ1) is 10.7. The number of nitrogens with zero attached hydrogens (tertiary/aromatic N) is 1. The summed E-state index contributed by atoms with van der Waals surface area (Å²) in [5.74, 6) is -1.41. The first kappa shape index (κ1) is 14.6. The van der Waals surface area contributed by atoms with Gasteiger partial charge in [-0.3, -0.25) is 0 Å². The lowest BCUT2D eigenvalue weighted by molar-refractivity contribution is -0.145. The van der Waals surface area contributed by atoms with Crippen LogP contribution in [0.3, 0.4) is 0 Å². The highest BCUT2D eigenvalue weighted by molar-refractivity contribution is 5.22. The molecule has 2 bridgehead atoms. The molecule has 1 aromatic carbocycles. The molecule has 22 heavy (non-hydrogen) atoms. The van der Waals surface area contributed by atoms with Gasteiger partial charge < -0.3 is 14.7 Å². The van der Waals surface area contributed by atoms with Gasteiger partial charge in [-0.25, -0.2) is 0 Å². The molecule has 0 aromatic heterocycles. The molecule has 3 saturated heterocycles. The molecule has 4 atom stereocenters. The molecule has 0 spiro atoms. The number of rotatable bonds is 5. The minimum absolute atomic E-state index is 0.0660. The highest BCUT2D eigenvalue weighted by atomic mass is 17.5. The van der Waals surface area contributed by atoms with Gasteiger partial charge in [0, 0.05) is 12.1 Å². The number of aliphatic hydroxyl groups excluding tert-OH is 1. The van der Waals surface area contributed by atoms with E-state index in [0.717, 1.165) is 18.4 Å². The third kappa shape index (κ3) is 2.47. The number of piperidine rings is 1. The quantitative estimate of drug-likeness (QED) is 0.666. The molecule has 5 heteroatoms. The van der Waals surface area contributed by atoms with Crippen molar-refractivity contribution >= 4 is 0 Å². The third-order valence-electron chi connectivity index (χ3n) is 5.44. The average Bonchev–Trinajstić information content (AvgIpc) is 3.27. The van der Waals surface area contributed by atoms with Crippen LogP contribution in [0.15, 0.2) is 30.3 Å². The molecular formula is C17H23NO4. The first-order valence-electron chi connectivity index (χ1n) is 8.14. The molecule has 3 heterocycles. The Morgan fingerprint density at radius 3 is 2.41 bits per heavy atom. The predicted octanol–water partition coefficient (Wildman–Crippen LogP) is 2.02. The lowest BCUT2D eigenvalue weighted by Gasteiger charge is -2.37. The van der Waals surface area contributed by atoms with Gasteiger partial charge in [0.1, 0.15) is 0 Å². The molecule has 4 rings (SSSR count). The van der Waals surface area contributed by atoms with Gasteiger partial charge in [0.15, 0.2) is 0 Å². The smallest absolute Gasteiger partial charge is 0.349 e. The van der Waals surface area contributed by atoms with Crippen molar-refractivity contribution in [3.8, 4) is 0 Å². The van der Waals surface area contributed by atoms with Crippen molar-refractivity contribution in [1.82, 2.24) is 4.90 Å². The average molecular weight is 305 g/mol. The lowest BCUT2D eigenvalue weighted by Crippen LogP contribution is -2.45. The van der Waals surface area contributed by atoms with Gasteiger partial charge in [-0.2, -0.15) is 9.78 Å². The zero-order valence-corrected chi connectivity index (χ0v) is 12.9. The molecule has 5 nitrogen and oxygen atoms in total. The van der Waals surface area contributed by atoms with Crippen molar-refractivity contribution < 1.29 is 19.6 Å². The van der Waals surface area contributed by atoms with Gasteiger partial charge in [-0.05, 0) is 38.3 Å². The fraction of sp³-hybridized carbons (Fsp3) is 0.647. The predicted molar refractivity (Wildman–Crippen MR) is 79.8 cm³/mol. The number of hydrogen-bond acceptors (Lipinski definition) is 5. The van der Waals surface area contributed by atoms with Crippen LogP contribution in [-0.4, -0.2) is 47.8 Å². The molecule has 0 amide bonds.